The van der Waals surface area contributed by atoms with Gasteiger partial charge in [0.2, 0.25) is 0 Å². The smallest absolute Gasteiger partial charge is 0.0231 e. The molecule has 0 spiro atoms. The molecule has 0 aromatic heterocycles. The molecule has 0 N–H and O–H groups in total. The Hall–Kier alpha value is -0.860. The van der Waals surface area contributed by atoms with E-state index in [-0.39, 0.29) is 0 Å². The predicted molar refractivity (Wildman–Crippen MR) is 82.3 cm³/mol. The summed E-state index contributed by atoms with van der Waals surface area (Å²) in [6, 6.07) is 12.2. The minimum absolute atomic E-state index is 0.676. The Morgan fingerprint density at radius 1 is 1.21 bits per heavy atom. The minimum Gasteiger partial charge on any atom is -0.301 e. The van der Waals surface area contributed by atoms with Crippen LogP contribution in [0.3, 0.4) is 0 Å². The highest BCUT2D eigenvalue weighted by Crippen LogP contribution is 2.20. The average Bonchev–Trinajstić information content (AvgIpc) is 2.40. The molecule has 1 aliphatic rings. The molecule has 0 radical (unpaired) electrons. The van der Waals surface area contributed by atoms with Crippen LogP contribution in [0.2, 0.25) is 0 Å². The van der Waals surface area contributed by atoms with E-state index in [0.717, 1.165) is 12.6 Å². The van der Waals surface area contributed by atoms with Crippen molar-refractivity contribution in [2.24, 2.45) is 0 Å². The zero-order chi connectivity index (χ0) is 13.7. The molecule has 2 heteroatoms. The van der Waals surface area contributed by atoms with Crippen molar-refractivity contribution in [1.82, 2.24) is 9.80 Å². The molecule has 19 heavy (non-hydrogen) atoms. The Kier molecular flexibility index (Phi) is 5.41. The second kappa shape index (κ2) is 7.06. The van der Waals surface area contributed by atoms with Gasteiger partial charge in [-0.15, -0.1) is 0 Å². The van der Waals surface area contributed by atoms with Crippen molar-refractivity contribution in [3.05, 3.63) is 35.9 Å². The highest BCUT2D eigenvalue weighted by atomic mass is 15.2. The van der Waals surface area contributed by atoms with E-state index < -0.39 is 0 Å². The van der Waals surface area contributed by atoms with Gasteiger partial charge in [-0.1, -0.05) is 36.8 Å². The second-order valence-electron chi connectivity index (χ2n) is 6.16. The summed E-state index contributed by atoms with van der Waals surface area (Å²) in [6.45, 7) is 8.18. The average molecular weight is 260 g/mol. The van der Waals surface area contributed by atoms with Gasteiger partial charge in [-0.3, -0.25) is 4.90 Å². The molecule has 1 fully saturated rings. The molecule has 0 amide bonds. The van der Waals surface area contributed by atoms with Gasteiger partial charge >= 0.3 is 0 Å². The number of likely N-dealkylation sites (tertiary alicyclic amines) is 1. The van der Waals surface area contributed by atoms with Gasteiger partial charge in [0, 0.05) is 25.2 Å². The lowest BCUT2D eigenvalue weighted by Gasteiger charge is -2.40. The summed E-state index contributed by atoms with van der Waals surface area (Å²) >= 11 is 0. The molecule has 0 aliphatic carbocycles. The molecule has 1 aromatic rings. The Balaban J connectivity index is 1.88. The lowest BCUT2D eigenvalue weighted by atomic mass is 10.00. The Bertz CT molecular complexity index is 361. The van der Waals surface area contributed by atoms with Crippen molar-refractivity contribution in [2.45, 2.75) is 51.7 Å². The molecular weight excluding hydrogens is 232 g/mol. The summed E-state index contributed by atoms with van der Waals surface area (Å²) in [5.74, 6) is 0. The highest BCUT2D eigenvalue weighted by Gasteiger charge is 2.25. The van der Waals surface area contributed by atoms with Gasteiger partial charge in [0.05, 0.1) is 0 Å². The first-order valence-corrected chi connectivity index (χ1v) is 7.65. The van der Waals surface area contributed by atoms with Gasteiger partial charge in [-0.05, 0) is 45.8 Å². The van der Waals surface area contributed by atoms with Gasteiger partial charge in [0.1, 0.15) is 0 Å². The molecule has 1 aliphatic heterocycles. The van der Waals surface area contributed by atoms with Crippen molar-refractivity contribution >= 4 is 0 Å². The third-order valence-corrected chi connectivity index (χ3v) is 4.15. The molecule has 1 unspecified atom stereocenters. The van der Waals surface area contributed by atoms with E-state index in [2.05, 4.69) is 61.0 Å². The topological polar surface area (TPSA) is 6.48 Å². The van der Waals surface area contributed by atoms with Crippen LogP contribution < -0.4 is 0 Å². The van der Waals surface area contributed by atoms with Crippen LogP contribution in [0, 0.1) is 0 Å². The van der Waals surface area contributed by atoms with Crippen molar-refractivity contribution in [2.75, 3.05) is 20.1 Å². The Labute approximate surface area is 118 Å². The monoisotopic (exact) mass is 260 g/mol. The SMILES string of the molecule is CC(C)N1CCCCC1CN(C)Cc1ccccc1. The number of rotatable bonds is 5. The van der Waals surface area contributed by atoms with Crippen LogP contribution in [-0.4, -0.2) is 42.0 Å². The van der Waals surface area contributed by atoms with Gasteiger partial charge in [0.25, 0.3) is 0 Å². The molecule has 2 nitrogen and oxygen atoms in total. The molecule has 1 atom stereocenters. The zero-order valence-electron chi connectivity index (χ0n) is 12.7. The molecule has 0 saturated carbocycles. The highest BCUT2D eigenvalue weighted by molar-refractivity contribution is 5.14. The number of piperidine rings is 1. The second-order valence-corrected chi connectivity index (χ2v) is 6.16. The summed E-state index contributed by atoms with van der Waals surface area (Å²) in [7, 11) is 2.25. The number of hydrogen-bond acceptors (Lipinski definition) is 2. The van der Waals surface area contributed by atoms with E-state index in [9.17, 15) is 0 Å². The predicted octanol–water partition coefficient (Wildman–Crippen LogP) is 3.38. The molecule has 1 saturated heterocycles. The first kappa shape index (κ1) is 14.5. The standard InChI is InChI=1S/C17H28N2/c1-15(2)19-12-8-7-11-17(19)14-18(3)13-16-9-5-4-6-10-16/h4-6,9-10,15,17H,7-8,11-14H2,1-3H3. The fourth-order valence-corrected chi connectivity index (χ4v) is 3.22. The Morgan fingerprint density at radius 2 is 1.95 bits per heavy atom. The number of nitrogens with zero attached hydrogens (tertiary/aromatic N) is 2. The largest absolute Gasteiger partial charge is 0.301 e. The number of benzene rings is 1. The third-order valence-electron chi connectivity index (χ3n) is 4.15. The maximum Gasteiger partial charge on any atom is 0.0231 e. The van der Waals surface area contributed by atoms with Crippen molar-refractivity contribution in [3.63, 3.8) is 0 Å². The van der Waals surface area contributed by atoms with Crippen LogP contribution in [0.25, 0.3) is 0 Å². The summed E-state index contributed by atoms with van der Waals surface area (Å²) in [5, 5.41) is 0. The third kappa shape index (κ3) is 4.32. The lowest BCUT2D eigenvalue weighted by Crippen LogP contribution is -2.48. The van der Waals surface area contributed by atoms with E-state index in [1.54, 1.807) is 0 Å². The zero-order valence-corrected chi connectivity index (χ0v) is 12.7. The summed E-state index contributed by atoms with van der Waals surface area (Å²) < 4.78 is 0. The van der Waals surface area contributed by atoms with Crippen LogP contribution in [0.5, 0.6) is 0 Å². The molecule has 0 bridgehead atoms. The van der Waals surface area contributed by atoms with Crippen molar-refractivity contribution in [1.29, 1.82) is 0 Å². The van der Waals surface area contributed by atoms with E-state index in [0.29, 0.717) is 6.04 Å². The number of hydrogen-bond donors (Lipinski definition) is 0. The van der Waals surface area contributed by atoms with Crippen molar-refractivity contribution < 1.29 is 0 Å². The number of likely N-dealkylation sites (N-methyl/N-ethyl adjacent to an activating group) is 1. The molecular formula is C17H28N2. The summed E-state index contributed by atoms with van der Waals surface area (Å²) in [5.41, 5.74) is 1.41. The van der Waals surface area contributed by atoms with Gasteiger partial charge in [-0.2, -0.15) is 0 Å². The normalized spacial score (nSPS) is 21.2. The van der Waals surface area contributed by atoms with E-state index in [4.69, 9.17) is 0 Å². The first-order chi connectivity index (χ1) is 9.16. The molecule has 2 rings (SSSR count). The minimum atomic E-state index is 0.676. The van der Waals surface area contributed by atoms with E-state index in [1.165, 1.54) is 37.9 Å². The van der Waals surface area contributed by atoms with E-state index >= 15 is 0 Å². The maximum atomic E-state index is 2.69. The molecule has 106 valence electrons. The van der Waals surface area contributed by atoms with Gasteiger partial charge in [-0.25, -0.2) is 0 Å². The Morgan fingerprint density at radius 3 is 2.63 bits per heavy atom. The van der Waals surface area contributed by atoms with Crippen molar-refractivity contribution in [3.8, 4) is 0 Å². The van der Waals surface area contributed by atoms with Crippen LogP contribution >= 0.6 is 0 Å². The fourth-order valence-electron chi connectivity index (χ4n) is 3.22. The molecule has 1 aromatic carbocycles. The fraction of sp³-hybridized carbons (Fsp3) is 0.647. The first-order valence-electron chi connectivity index (χ1n) is 7.65. The lowest BCUT2D eigenvalue weighted by molar-refractivity contribution is 0.0834. The summed E-state index contributed by atoms with van der Waals surface area (Å²) in [6.07, 6.45) is 4.13. The van der Waals surface area contributed by atoms with Crippen LogP contribution in [-0.2, 0) is 6.54 Å². The van der Waals surface area contributed by atoms with Gasteiger partial charge < -0.3 is 4.90 Å². The maximum absolute atomic E-state index is 2.69. The van der Waals surface area contributed by atoms with Crippen LogP contribution in [0.4, 0.5) is 0 Å². The van der Waals surface area contributed by atoms with Crippen LogP contribution in [0.15, 0.2) is 30.3 Å². The quantitative estimate of drug-likeness (QED) is 0.801. The molecule has 1 heterocycles. The summed E-state index contributed by atoms with van der Waals surface area (Å²) in [4.78, 5) is 5.16. The van der Waals surface area contributed by atoms with E-state index in [1.807, 2.05) is 0 Å². The van der Waals surface area contributed by atoms with Gasteiger partial charge in [0.15, 0.2) is 0 Å². The van der Waals surface area contributed by atoms with Crippen LogP contribution in [0.1, 0.15) is 38.7 Å².